The number of carbonyl (C=O) groups excluding carboxylic acids is 1. The lowest BCUT2D eigenvalue weighted by molar-refractivity contribution is -0.134. The van der Waals surface area contributed by atoms with E-state index in [0.717, 1.165) is 0 Å². The van der Waals surface area contributed by atoms with E-state index in [1.165, 1.54) is 12.1 Å². The topological polar surface area (TPSA) is 87.6 Å². The van der Waals surface area contributed by atoms with Crippen molar-refractivity contribution in [2.24, 2.45) is 0 Å². The molecule has 0 saturated carbocycles. The van der Waals surface area contributed by atoms with Crippen molar-refractivity contribution in [1.82, 2.24) is 0 Å². The highest BCUT2D eigenvalue weighted by Crippen LogP contribution is 2.40. The van der Waals surface area contributed by atoms with Crippen molar-refractivity contribution in [3.8, 4) is 17.2 Å². The van der Waals surface area contributed by atoms with E-state index in [9.17, 15) is 4.79 Å². The van der Waals surface area contributed by atoms with Crippen LogP contribution in [-0.4, -0.2) is 5.97 Å². The number of carbonyl (C=O) groups is 1. The number of esters is 1. The smallest absolute Gasteiger partial charge is 0.310 e. The highest BCUT2D eigenvalue weighted by molar-refractivity contribution is 6.37. The van der Waals surface area contributed by atoms with Gasteiger partial charge in [-0.15, -0.1) is 0 Å². The largest absolute Gasteiger partial charge is 0.454 e. The molecular formula is C15H14Cl2N2O3. The van der Waals surface area contributed by atoms with Gasteiger partial charge in [0.2, 0.25) is 0 Å². The van der Waals surface area contributed by atoms with Crippen molar-refractivity contribution in [3.63, 3.8) is 0 Å². The third kappa shape index (κ3) is 3.75. The van der Waals surface area contributed by atoms with Crippen LogP contribution in [0.3, 0.4) is 0 Å². The quantitative estimate of drug-likeness (QED) is 0.493. The fourth-order valence-electron chi connectivity index (χ4n) is 1.63. The summed E-state index contributed by atoms with van der Waals surface area (Å²) in [5, 5.41) is 0.420. The Kier molecular flexibility index (Phi) is 5.00. The van der Waals surface area contributed by atoms with Gasteiger partial charge in [-0.05, 0) is 12.1 Å². The summed E-state index contributed by atoms with van der Waals surface area (Å²) in [7, 11) is 0. The van der Waals surface area contributed by atoms with Gasteiger partial charge in [-0.2, -0.15) is 0 Å². The van der Waals surface area contributed by atoms with Gasteiger partial charge >= 0.3 is 5.97 Å². The van der Waals surface area contributed by atoms with E-state index in [0.29, 0.717) is 17.1 Å². The lowest BCUT2D eigenvalue weighted by atomic mass is 10.2. The molecule has 0 saturated heterocycles. The van der Waals surface area contributed by atoms with Crippen LogP contribution in [0.25, 0.3) is 0 Å². The van der Waals surface area contributed by atoms with Crippen molar-refractivity contribution in [2.45, 2.75) is 13.3 Å². The molecule has 0 unspecified atom stereocenters. The third-order valence-electron chi connectivity index (χ3n) is 2.77. The molecule has 0 fully saturated rings. The summed E-state index contributed by atoms with van der Waals surface area (Å²) in [6.45, 7) is 1.69. The summed E-state index contributed by atoms with van der Waals surface area (Å²) in [4.78, 5) is 11.3. The number of nitrogen functional groups attached to an aromatic ring is 2. The molecule has 0 amide bonds. The molecule has 0 heterocycles. The first-order valence-corrected chi connectivity index (χ1v) is 7.19. The Morgan fingerprint density at radius 3 is 2.23 bits per heavy atom. The van der Waals surface area contributed by atoms with Crippen LogP contribution in [0.1, 0.15) is 13.3 Å². The molecule has 0 aliphatic rings. The second-order valence-corrected chi connectivity index (χ2v) is 5.25. The van der Waals surface area contributed by atoms with Crippen molar-refractivity contribution in [2.75, 3.05) is 11.5 Å². The Hall–Kier alpha value is -2.11. The number of halogens is 2. The second-order valence-electron chi connectivity index (χ2n) is 4.44. The molecule has 116 valence electrons. The minimum Gasteiger partial charge on any atom is -0.454 e. The van der Waals surface area contributed by atoms with Crippen molar-refractivity contribution in [1.29, 1.82) is 0 Å². The Labute approximate surface area is 137 Å². The summed E-state index contributed by atoms with van der Waals surface area (Å²) in [5.74, 6) is 0.552. The predicted octanol–water partition coefficient (Wildman–Crippen LogP) is 4.27. The molecule has 0 radical (unpaired) electrons. The lowest BCUT2D eigenvalue weighted by Crippen LogP contribution is -2.05. The fraction of sp³-hybridized carbons (Fsp3) is 0.133. The van der Waals surface area contributed by atoms with Crippen LogP contribution in [0.5, 0.6) is 17.2 Å². The van der Waals surface area contributed by atoms with E-state index in [-0.39, 0.29) is 33.9 Å². The van der Waals surface area contributed by atoms with Gasteiger partial charge < -0.3 is 20.9 Å². The molecule has 4 N–H and O–H groups in total. The number of ether oxygens (including phenoxy) is 2. The number of anilines is 2. The number of nitrogens with two attached hydrogens (primary N) is 2. The first kappa shape index (κ1) is 16.3. The molecule has 2 aromatic carbocycles. The standard InChI is InChI=1S/C15H14Cl2N2O3/c1-2-14(20)21-9-5-10(16)15(11(17)6-9)22-8-3-4-12(18)13(19)7-8/h3-7H,2,18-19H2,1H3. The highest BCUT2D eigenvalue weighted by atomic mass is 35.5. The van der Waals surface area contributed by atoms with Gasteiger partial charge in [-0.1, -0.05) is 30.1 Å². The molecule has 0 aromatic heterocycles. The molecule has 0 aliphatic carbocycles. The number of rotatable bonds is 4. The zero-order valence-corrected chi connectivity index (χ0v) is 13.2. The van der Waals surface area contributed by atoms with Crippen molar-refractivity contribution in [3.05, 3.63) is 40.4 Å². The van der Waals surface area contributed by atoms with Crippen LogP contribution >= 0.6 is 23.2 Å². The molecule has 5 nitrogen and oxygen atoms in total. The third-order valence-corrected chi connectivity index (χ3v) is 3.33. The van der Waals surface area contributed by atoms with Gasteiger partial charge in [-0.25, -0.2) is 0 Å². The van der Waals surface area contributed by atoms with E-state index in [2.05, 4.69) is 0 Å². The van der Waals surface area contributed by atoms with Gasteiger partial charge in [-0.3, -0.25) is 4.79 Å². The minimum absolute atomic E-state index is 0.210. The van der Waals surface area contributed by atoms with Crippen LogP contribution in [0.2, 0.25) is 10.0 Å². The molecule has 0 aliphatic heterocycles. The Morgan fingerprint density at radius 1 is 1.05 bits per heavy atom. The molecule has 0 atom stereocenters. The zero-order valence-electron chi connectivity index (χ0n) is 11.7. The average Bonchev–Trinajstić information content (AvgIpc) is 2.46. The number of hydrogen-bond donors (Lipinski definition) is 2. The van der Waals surface area contributed by atoms with Crippen molar-refractivity contribution >= 4 is 40.5 Å². The van der Waals surface area contributed by atoms with Crippen LogP contribution in [0.4, 0.5) is 11.4 Å². The molecule has 22 heavy (non-hydrogen) atoms. The summed E-state index contributed by atoms with van der Waals surface area (Å²) in [5.41, 5.74) is 12.2. The average molecular weight is 341 g/mol. The number of benzene rings is 2. The number of hydrogen-bond acceptors (Lipinski definition) is 5. The highest BCUT2D eigenvalue weighted by Gasteiger charge is 2.13. The maximum Gasteiger partial charge on any atom is 0.310 e. The summed E-state index contributed by atoms with van der Waals surface area (Å²) < 4.78 is 10.7. The fourth-order valence-corrected chi connectivity index (χ4v) is 2.18. The first-order valence-electron chi connectivity index (χ1n) is 6.43. The van der Waals surface area contributed by atoms with Crippen molar-refractivity contribution < 1.29 is 14.3 Å². The van der Waals surface area contributed by atoms with Gasteiger partial charge in [0.15, 0.2) is 5.75 Å². The van der Waals surface area contributed by atoms with Gasteiger partial charge in [0.25, 0.3) is 0 Å². The second kappa shape index (κ2) is 6.77. The first-order chi connectivity index (χ1) is 10.4. The Balaban J connectivity index is 2.28. The lowest BCUT2D eigenvalue weighted by Gasteiger charge is -2.12. The summed E-state index contributed by atoms with van der Waals surface area (Å²) >= 11 is 12.3. The van der Waals surface area contributed by atoms with Gasteiger partial charge in [0.05, 0.1) is 21.4 Å². The van der Waals surface area contributed by atoms with E-state index >= 15 is 0 Å². The minimum atomic E-state index is -0.382. The van der Waals surface area contributed by atoms with Gasteiger partial charge in [0.1, 0.15) is 11.5 Å². The summed E-state index contributed by atoms with van der Waals surface area (Å²) in [6, 6.07) is 7.73. The van der Waals surface area contributed by atoms with E-state index in [1.54, 1.807) is 25.1 Å². The van der Waals surface area contributed by atoms with E-state index in [1.807, 2.05) is 0 Å². The van der Waals surface area contributed by atoms with Crippen LogP contribution < -0.4 is 20.9 Å². The maximum atomic E-state index is 11.3. The predicted molar refractivity (Wildman–Crippen MR) is 87.7 cm³/mol. The van der Waals surface area contributed by atoms with Gasteiger partial charge in [0, 0.05) is 24.6 Å². The van der Waals surface area contributed by atoms with Crippen LogP contribution in [-0.2, 0) is 4.79 Å². The SMILES string of the molecule is CCC(=O)Oc1cc(Cl)c(Oc2ccc(N)c(N)c2)c(Cl)c1. The normalized spacial score (nSPS) is 10.3. The van der Waals surface area contributed by atoms with E-state index < -0.39 is 0 Å². The zero-order chi connectivity index (χ0) is 16.3. The monoisotopic (exact) mass is 340 g/mol. The summed E-state index contributed by atoms with van der Waals surface area (Å²) in [6.07, 6.45) is 0.248. The maximum absolute atomic E-state index is 11.3. The van der Waals surface area contributed by atoms with E-state index in [4.69, 9.17) is 44.1 Å². The van der Waals surface area contributed by atoms with Crippen LogP contribution in [0, 0.1) is 0 Å². The Bertz CT molecular complexity index is 697. The molecule has 2 rings (SSSR count). The van der Waals surface area contributed by atoms with Crippen LogP contribution in [0.15, 0.2) is 30.3 Å². The molecule has 0 spiro atoms. The molecular weight excluding hydrogens is 327 g/mol. The molecule has 0 bridgehead atoms. The Morgan fingerprint density at radius 2 is 1.68 bits per heavy atom. The molecule has 2 aromatic rings. The molecule has 7 heteroatoms.